The highest BCUT2D eigenvalue weighted by molar-refractivity contribution is 5.85. The van der Waals surface area contributed by atoms with Gasteiger partial charge in [0.2, 0.25) is 0 Å². The van der Waals surface area contributed by atoms with Gasteiger partial charge in [-0.3, -0.25) is 9.38 Å². The second-order valence-corrected chi connectivity index (χ2v) is 5.98. The third kappa shape index (κ3) is 3.02. The van der Waals surface area contributed by atoms with Gasteiger partial charge >= 0.3 is 0 Å². The summed E-state index contributed by atoms with van der Waals surface area (Å²) in [6, 6.07) is 8.17. The van der Waals surface area contributed by atoms with Gasteiger partial charge in [-0.2, -0.15) is 5.26 Å². The molecule has 1 aliphatic rings. The molecular formula is C17H18ClN7. The molecule has 0 bridgehead atoms. The fourth-order valence-electron chi connectivity index (χ4n) is 3.22. The molecule has 0 amide bonds. The highest BCUT2D eigenvalue weighted by Gasteiger charge is 2.24. The first kappa shape index (κ1) is 17.1. The minimum atomic E-state index is 0. The molecule has 0 saturated heterocycles. The minimum Gasteiger partial charge on any atom is -0.364 e. The maximum absolute atomic E-state index is 9.76. The zero-order valence-electron chi connectivity index (χ0n) is 13.8. The average Bonchev–Trinajstić information content (AvgIpc) is 3.10. The Labute approximate surface area is 151 Å². The molecule has 0 saturated carbocycles. The molecular weight excluding hydrogens is 338 g/mol. The molecule has 0 atom stereocenters. The van der Waals surface area contributed by atoms with E-state index in [4.69, 9.17) is 0 Å². The van der Waals surface area contributed by atoms with Crippen molar-refractivity contribution < 1.29 is 0 Å². The largest absolute Gasteiger partial charge is 0.364 e. The van der Waals surface area contributed by atoms with E-state index in [1.54, 1.807) is 12.5 Å². The first-order valence-electron chi connectivity index (χ1n) is 7.88. The SMILES string of the molecule is CN1CCc2c(C#N)c(NCc3ccccn3)n3cnnc3c2C1.Cl. The van der Waals surface area contributed by atoms with Crippen LogP contribution >= 0.6 is 12.4 Å². The molecule has 4 rings (SSSR count). The lowest BCUT2D eigenvalue weighted by Gasteiger charge is -2.27. The van der Waals surface area contributed by atoms with Crippen LogP contribution in [0.4, 0.5) is 5.82 Å². The molecule has 128 valence electrons. The van der Waals surface area contributed by atoms with E-state index in [0.29, 0.717) is 12.1 Å². The van der Waals surface area contributed by atoms with Crippen LogP contribution in [0.1, 0.15) is 22.4 Å². The second-order valence-electron chi connectivity index (χ2n) is 5.98. The van der Waals surface area contributed by atoms with E-state index in [2.05, 4.69) is 38.5 Å². The quantitative estimate of drug-likeness (QED) is 0.774. The van der Waals surface area contributed by atoms with Gasteiger partial charge in [0.05, 0.1) is 17.8 Å². The predicted octanol–water partition coefficient (Wildman–Crippen LogP) is 2.02. The first-order valence-corrected chi connectivity index (χ1v) is 7.88. The summed E-state index contributed by atoms with van der Waals surface area (Å²) in [6.45, 7) is 2.26. The third-order valence-electron chi connectivity index (χ3n) is 4.41. The maximum atomic E-state index is 9.76. The zero-order chi connectivity index (χ0) is 16.5. The molecule has 0 radical (unpaired) electrons. The van der Waals surface area contributed by atoms with E-state index in [1.165, 1.54) is 0 Å². The molecule has 0 aromatic carbocycles. The van der Waals surface area contributed by atoms with Crippen molar-refractivity contribution in [3.63, 3.8) is 0 Å². The van der Waals surface area contributed by atoms with Crippen LogP contribution in [0.5, 0.6) is 0 Å². The van der Waals surface area contributed by atoms with Crippen LogP contribution in [-0.2, 0) is 19.5 Å². The number of pyridine rings is 2. The van der Waals surface area contributed by atoms with Crippen LogP contribution in [0.25, 0.3) is 5.65 Å². The maximum Gasteiger partial charge on any atom is 0.167 e. The predicted molar refractivity (Wildman–Crippen MR) is 96.6 cm³/mol. The van der Waals surface area contributed by atoms with Gasteiger partial charge in [-0.1, -0.05) is 6.07 Å². The summed E-state index contributed by atoms with van der Waals surface area (Å²) < 4.78 is 1.87. The molecule has 0 aliphatic carbocycles. The van der Waals surface area contributed by atoms with E-state index in [1.807, 2.05) is 22.6 Å². The van der Waals surface area contributed by atoms with Gasteiger partial charge in [0.25, 0.3) is 0 Å². The standard InChI is InChI=1S/C17H17N7.ClH/c1-23-7-5-13-14(8-18)16(20-9-12-4-2-3-6-19-12)24-11-21-22-17(24)15(13)10-23;/h2-4,6,11,20H,5,7,9-10H2,1H3;1H. The Morgan fingerprint density at radius 3 is 2.96 bits per heavy atom. The number of nitrogens with one attached hydrogen (secondary N) is 1. The van der Waals surface area contributed by atoms with Crippen LogP contribution in [-0.4, -0.2) is 38.1 Å². The van der Waals surface area contributed by atoms with Crippen LogP contribution < -0.4 is 5.32 Å². The zero-order valence-corrected chi connectivity index (χ0v) is 14.6. The first-order chi connectivity index (χ1) is 11.8. The van der Waals surface area contributed by atoms with Gasteiger partial charge in [-0.25, -0.2) is 0 Å². The number of nitrogens with zero attached hydrogens (tertiary/aromatic N) is 6. The molecule has 3 aromatic rings. The topological polar surface area (TPSA) is 82.1 Å². The Morgan fingerprint density at radius 1 is 1.32 bits per heavy atom. The molecule has 0 unspecified atom stereocenters. The summed E-state index contributed by atoms with van der Waals surface area (Å²) >= 11 is 0. The minimum absolute atomic E-state index is 0. The molecule has 8 heteroatoms. The van der Waals surface area contributed by atoms with Gasteiger partial charge in [-0.05, 0) is 31.2 Å². The van der Waals surface area contributed by atoms with Crippen molar-refractivity contribution in [1.82, 2.24) is 24.5 Å². The molecule has 0 spiro atoms. The summed E-state index contributed by atoms with van der Waals surface area (Å²) in [5, 5.41) is 21.5. The lowest BCUT2D eigenvalue weighted by Crippen LogP contribution is -2.28. The van der Waals surface area contributed by atoms with Crippen LogP contribution in [0.2, 0.25) is 0 Å². The summed E-state index contributed by atoms with van der Waals surface area (Å²) in [6.07, 6.45) is 4.27. The number of nitriles is 1. The lowest BCUT2D eigenvalue weighted by molar-refractivity contribution is 0.313. The van der Waals surface area contributed by atoms with Crippen LogP contribution in [0, 0.1) is 11.3 Å². The normalized spacial score (nSPS) is 13.8. The van der Waals surface area contributed by atoms with Gasteiger partial charge < -0.3 is 10.2 Å². The van der Waals surface area contributed by atoms with Gasteiger partial charge in [-0.15, -0.1) is 22.6 Å². The Bertz CT molecular complexity index is 930. The Kier molecular flexibility index (Phi) is 4.83. The lowest BCUT2D eigenvalue weighted by atomic mass is 9.96. The number of rotatable bonds is 3. The molecule has 4 heterocycles. The molecule has 3 aromatic heterocycles. The Hall–Kier alpha value is -2.69. The number of halogens is 1. The number of aromatic nitrogens is 4. The fourth-order valence-corrected chi connectivity index (χ4v) is 3.22. The third-order valence-corrected chi connectivity index (χ3v) is 4.41. The summed E-state index contributed by atoms with van der Waals surface area (Å²) in [5.74, 6) is 0.742. The number of anilines is 1. The highest BCUT2D eigenvalue weighted by atomic mass is 35.5. The van der Waals surface area contributed by atoms with Gasteiger partial charge in [0.1, 0.15) is 18.2 Å². The van der Waals surface area contributed by atoms with E-state index in [-0.39, 0.29) is 12.4 Å². The number of hydrogen-bond donors (Lipinski definition) is 1. The molecule has 1 N–H and O–H groups in total. The average molecular weight is 356 g/mol. The number of likely N-dealkylation sites (N-methyl/N-ethyl adjacent to an activating group) is 1. The molecule has 7 nitrogen and oxygen atoms in total. The van der Waals surface area contributed by atoms with Crippen molar-refractivity contribution in [3.05, 3.63) is 53.1 Å². The van der Waals surface area contributed by atoms with E-state index in [0.717, 1.165) is 47.8 Å². The monoisotopic (exact) mass is 355 g/mol. The summed E-state index contributed by atoms with van der Waals surface area (Å²) in [5.41, 5.74) is 4.60. The number of hydrogen-bond acceptors (Lipinski definition) is 6. The Morgan fingerprint density at radius 2 is 2.20 bits per heavy atom. The molecule has 1 aliphatic heterocycles. The van der Waals surface area contributed by atoms with E-state index < -0.39 is 0 Å². The van der Waals surface area contributed by atoms with Gasteiger partial charge in [0, 0.05) is 24.8 Å². The molecule has 25 heavy (non-hydrogen) atoms. The van der Waals surface area contributed by atoms with Crippen LogP contribution in [0.15, 0.2) is 30.7 Å². The summed E-state index contributed by atoms with van der Waals surface area (Å²) in [4.78, 5) is 6.56. The second kappa shape index (κ2) is 7.05. The van der Waals surface area contributed by atoms with Crippen molar-refractivity contribution in [2.75, 3.05) is 18.9 Å². The Balaban J connectivity index is 0.00000182. The highest BCUT2D eigenvalue weighted by Crippen LogP contribution is 2.30. The van der Waals surface area contributed by atoms with Crippen molar-refractivity contribution in [3.8, 4) is 6.07 Å². The fraction of sp³-hybridized carbons (Fsp3) is 0.294. The van der Waals surface area contributed by atoms with E-state index >= 15 is 0 Å². The van der Waals surface area contributed by atoms with Gasteiger partial charge in [0.15, 0.2) is 5.65 Å². The smallest absolute Gasteiger partial charge is 0.167 e. The van der Waals surface area contributed by atoms with Crippen molar-refractivity contribution >= 4 is 23.9 Å². The number of fused-ring (bicyclic) bond motifs is 3. The van der Waals surface area contributed by atoms with Crippen molar-refractivity contribution in [2.45, 2.75) is 19.5 Å². The van der Waals surface area contributed by atoms with E-state index in [9.17, 15) is 5.26 Å². The van der Waals surface area contributed by atoms with Crippen LogP contribution in [0.3, 0.4) is 0 Å². The van der Waals surface area contributed by atoms with Crippen molar-refractivity contribution in [1.29, 1.82) is 5.26 Å². The van der Waals surface area contributed by atoms with Crippen molar-refractivity contribution in [2.24, 2.45) is 0 Å². The molecule has 0 fully saturated rings. The summed E-state index contributed by atoms with van der Waals surface area (Å²) in [7, 11) is 2.08.